The van der Waals surface area contributed by atoms with E-state index in [-0.39, 0.29) is 11.3 Å². The molecule has 1 heterocycles. The number of benzene rings is 3. The molecule has 3 nitrogen and oxygen atoms in total. The van der Waals surface area contributed by atoms with Crippen molar-refractivity contribution in [2.75, 3.05) is 5.32 Å². The molecule has 4 aromatic rings. The first-order valence-corrected chi connectivity index (χ1v) is 10.2. The Kier molecular flexibility index (Phi) is 5.13. The number of aromatic nitrogens is 1. The van der Waals surface area contributed by atoms with Gasteiger partial charge in [0.15, 0.2) is 0 Å². The summed E-state index contributed by atoms with van der Waals surface area (Å²) in [6, 6.07) is 22.2. The standard InChI is InChI=1S/C27H26N2O/c1-18-5-12-24(29-26(30)20-8-10-23(11-9-20)27(2,3)4)16-25(18)21-7-6-19-13-14-28-17-22(19)15-21/h5-17H,1-4H3,(H,29,30). The van der Waals surface area contributed by atoms with Gasteiger partial charge in [-0.3, -0.25) is 9.78 Å². The van der Waals surface area contributed by atoms with Gasteiger partial charge >= 0.3 is 0 Å². The fraction of sp³-hybridized carbons (Fsp3) is 0.185. The van der Waals surface area contributed by atoms with Crippen LogP contribution in [0.5, 0.6) is 0 Å². The molecule has 0 fully saturated rings. The predicted molar refractivity (Wildman–Crippen MR) is 125 cm³/mol. The van der Waals surface area contributed by atoms with Gasteiger partial charge in [0.05, 0.1) is 0 Å². The first-order chi connectivity index (χ1) is 14.3. The number of amides is 1. The number of pyridine rings is 1. The van der Waals surface area contributed by atoms with Crippen LogP contribution >= 0.6 is 0 Å². The number of hydrogen-bond acceptors (Lipinski definition) is 2. The molecule has 0 bridgehead atoms. The van der Waals surface area contributed by atoms with Crippen LogP contribution in [0.2, 0.25) is 0 Å². The van der Waals surface area contributed by atoms with Gasteiger partial charge in [-0.1, -0.05) is 51.1 Å². The maximum atomic E-state index is 12.8. The lowest BCUT2D eigenvalue weighted by molar-refractivity contribution is 0.102. The molecule has 0 saturated carbocycles. The van der Waals surface area contributed by atoms with E-state index in [0.29, 0.717) is 5.56 Å². The third-order valence-electron chi connectivity index (χ3n) is 5.46. The van der Waals surface area contributed by atoms with Gasteiger partial charge in [0, 0.05) is 29.0 Å². The molecule has 30 heavy (non-hydrogen) atoms. The summed E-state index contributed by atoms with van der Waals surface area (Å²) in [4.78, 5) is 17.0. The van der Waals surface area contributed by atoms with Crippen LogP contribution in [0.3, 0.4) is 0 Å². The number of carbonyl (C=O) groups excluding carboxylic acids is 1. The van der Waals surface area contributed by atoms with E-state index < -0.39 is 0 Å². The molecular weight excluding hydrogens is 368 g/mol. The normalized spacial score (nSPS) is 11.5. The van der Waals surface area contributed by atoms with Crippen molar-refractivity contribution in [3.8, 4) is 11.1 Å². The smallest absolute Gasteiger partial charge is 0.255 e. The van der Waals surface area contributed by atoms with Crippen molar-refractivity contribution in [2.45, 2.75) is 33.1 Å². The van der Waals surface area contributed by atoms with Crippen LogP contribution in [0, 0.1) is 6.92 Å². The van der Waals surface area contributed by atoms with Gasteiger partial charge in [-0.25, -0.2) is 0 Å². The van der Waals surface area contributed by atoms with E-state index in [4.69, 9.17) is 0 Å². The van der Waals surface area contributed by atoms with E-state index >= 15 is 0 Å². The van der Waals surface area contributed by atoms with Crippen molar-refractivity contribution in [1.29, 1.82) is 0 Å². The topological polar surface area (TPSA) is 42.0 Å². The number of nitrogens with zero attached hydrogens (tertiary/aromatic N) is 1. The van der Waals surface area contributed by atoms with Crippen LogP contribution in [0.15, 0.2) is 79.1 Å². The summed E-state index contributed by atoms with van der Waals surface area (Å²) in [5, 5.41) is 5.30. The summed E-state index contributed by atoms with van der Waals surface area (Å²) in [5.74, 6) is -0.104. The second-order valence-electron chi connectivity index (χ2n) is 8.75. The Morgan fingerprint density at radius 1 is 0.867 bits per heavy atom. The third-order valence-corrected chi connectivity index (χ3v) is 5.46. The Balaban J connectivity index is 1.60. The van der Waals surface area contributed by atoms with E-state index in [0.717, 1.165) is 33.2 Å². The molecule has 0 aliphatic rings. The zero-order chi connectivity index (χ0) is 21.3. The number of aryl methyl sites for hydroxylation is 1. The van der Waals surface area contributed by atoms with Crippen molar-refractivity contribution in [1.82, 2.24) is 4.98 Å². The second kappa shape index (κ2) is 7.75. The van der Waals surface area contributed by atoms with Crippen LogP contribution in [0.4, 0.5) is 5.69 Å². The van der Waals surface area contributed by atoms with Gasteiger partial charge < -0.3 is 5.32 Å². The molecule has 0 aliphatic carbocycles. The molecule has 4 rings (SSSR count). The Morgan fingerprint density at radius 2 is 1.63 bits per heavy atom. The molecule has 0 spiro atoms. The van der Waals surface area contributed by atoms with E-state index in [1.807, 2.05) is 54.7 Å². The Morgan fingerprint density at radius 3 is 2.37 bits per heavy atom. The molecule has 1 aromatic heterocycles. The van der Waals surface area contributed by atoms with Crippen LogP contribution < -0.4 is 5.32 Å². The fourth-order valence-electron chi connectivity index (χ4n) is 3.59. The Bertz CT molecular complexity index is 1220. The second-order valence-corrected chi connectivity index (χ2v) is 8.75. The number of hydrogen-bond donors (Lipinski definition) is 1. The van der Waals surface area contributed by atoms with E-state index in [2.05, 4.69) is 56.2 Å². The lowest BCUT2D eigenvalue weighted by atomic mass is 9.86. The summed E-state index contributed by atoms with van der Waals surface area (Å²) in [6.07, 6.45) is 3.68. The predicted octanol–water partition coefficient (Wildman–Crippen LogP) is 6.76. The first kappa shape index (κ1) is 19.8. The molecule has 1 N–H and O–H groups in total. The van der Waals surface area contributed by atoms with E-state index in [1.54, 1.807) is 6.20 Å². The minimum absolute atomic E-state index is 0.0657. The molecule has 3 aromatic carbocycles. The van der Waals surface area contributed by atoms with Gasteiger partial charge in [0.25, 0.3) is 5.91 Å². The molecule has 0 aliphatic heterocycles. The van der Waals surface area contributed by atoms with Gasteiger partial charge in [-0.05, 0) is 76.4 Å². The van der Waals surface area contributed by atoms with Crippen molar-refractivity contribution in [3.63, 3.8) is 0 Å². The highest BCUT2D eigenvalue weighted by Crippen LogP contribution is 2.29. The van der Waals surface area contributed by atoms with Crippen LogP contribution in [-0.2, 0) is 5.41 Å². The molecular formula is C27H26N2O. The van der Waals surface area contributed by atoms with Gasteiger partial charge in [-0.2, -0.15) is 0 Å². The first-order valence-electron chi connectivity index (χ1n) is 10.2. The zero-order valence-electron chi connectivity index (χ0n) is 17.9. The average Bonchev–Trinajstić information content (AvgIpc) is 2.74. The third kappa shape index (κ3) is 4.11. The van der Waals surface area contributed by atoms with Crippen molar-refractivity contribution < 1.29 is 4.79 Å². The summed E-state index contributed by atoms with van der Waals surface area (Å²) >= 11 is 0. The van der Waals surface area contributed by atoms with Gasteiger partial charge in [0.2, 0.25) is 0 Å². The maximum absolute atomic E-state index is 12.8. The molecule has 0 atom stereocenters. The molecule has 150 valence electrons. The van der Waals surface area contributed by atoms with Crippen LogP contribution in [0.1, 0.15) is 42.3 Å². The van der Waals surface area contributed by atoms with Crippen molar-refractivity contribution >= 4 is 22.4 Å². The summed E-state index contributed by atoms with van der Waals surface area (Å²) in [5.41, 5.74) is 6.08. The van der Waals surface area contributed by atoms with Crippen LogP contribution in [-0.4, -0.2) is 10.9 Å². The Labute approximate surface area is 177 Å². The molecule has 0 radical (unpaired) electrons. The average molecular weight is 395 g/mol. The van der Waals surface area contributed by atoms with E-state index in [9.17, 15) is 4.79 Å². The SMILES string of the molecule is Cc1ccc(NC(=O)c2ccc(C(C)(C)C)cc2)cc1-c1ccc2ccncc2c1. The zero-order valence-corrected chi connectivity index (χ0v) is 17.9. The quantitative estimate of drug-likeness (QED) is 0.417. The highest BCUT2D eigenvalue weighted by molar-refractivity contribution is 6.04. The molecule has 0 saturated heterocycles. The highest BCUT2D eigenvalue weighted by Gasteiger charge is 2.14. The summed E-state index contributed by atoms with van der Waals surface area (Å²) in [6.45, 7) is 8.58. The largest absolute Gasteiger partial charge is 0.322 e. The lowest BCUT2D eigenvalue weighted by Gasteiger charge is -2.19. The van der Waals surface area contributed by atoms with E-state index in [1.165, 1.54) is 5.56 Å². The number of fused-ring (bicyclic) bond motifs is 1. The molecule has 1 amide bonds. The monoisotopic (exact) mass is 394 g/mol. The minimum Gasteiger partial charge on any atom is -0.322 e. The number of rotatable bonds is 3. The molecule has 0 unspecified atom stereocenters. The lowest BCUT2D eigenvalue weighted by Crippen LogP contribution is -2.14. The Hall–Kier alpha value is -3.46. The summed E-state index contributed by atoms with van der Waals surface area (Å²) < 4.78 is 0. The van der Waals surface area contributed by atoms with Gasteiger partial charge in [0.1, 0.15) is 0 Å². The van der Waals surface area contributed by atoms with Crippen LogP contribution in [0.25, 0.3) is 21.9 Å². The maximum Gasteiger partial charge on any atom is 0.255 e. The molecule has 3 heteroatoms. The van der Waals surface area contributed by atoms with Crippen molar-refractivity contribution in [3.05, 3.63) is 95.8 Å². The number of carbonyl (C=O) groups is 1. The fourth-order valence-corrected chi connectivity index (χ4v) is 3.59. The van der Waals surface area contributed by atoms with Crippen molar-refractivity contribution in [2.24, 2.45) is 0 Å². The highest BCUT2D eigenvalue weighted by atomic mass is 16.1. The van der Waals surface area contributed by atoms with Gasteiger partial charge in [-0.15, -0.1) is 0 Å². The number of nitrogens with one attached hydrogen (secondary N) is 1. The summed E-state index contributed by atoms with van der Waals surface area (Å²) in [7, 11) is 0. The number of anilines is 1. The minimum atomic E-state index is -0.104.